The van der Waals surface area contributed by atoms with Gasteiger partial charge in [0.05, 0.1) is 30.2 Å². The second kappa shape index (κ2) is 10.9. The number of ether oxygens (including phenoxy) is 2. The molecular formula is C31H31NO5. The third kappa shape index (κ3) is 4.84. The van der Waals surface area contributed by atoms with Crippen LogP contribution in [0.5, 0.6) is 11.5 Å². The van der Waals surface area contributed by atoms with Crippen molar-refractivity contribution in [1.82, 2.24) is 4.90 Å². The Bertz CT molecular complexity index is 1460. The van der Waals surface area contributed by atoms with Gasteiger partial charge in [0.1, 0.15) is 5.58 Å². The molecule has 0 aliphatic carbocycles. The topological polar surface area (TPSA) is 69.0 Å². The van der Waals surface area contributed by atoms with E-state index in [1.807, 2.05) is 55.5 Å². The quantitative estimate of drug-likeness (QED) is 0.234. The van der Waals surface area contributed by atoms with Gasteiger partial charge in [-0.15, -0.1) is 0 Å². The van der Waals surface area contributed by atoms with Gasteiger partial charge in [-0.1, -0.05) is 68.3 Å². The molecule has 1 aliphatic rings. The van der Waals surface area contributed by atoms with E-state index in [0.29, 0.717) is 47.8 Å². The second-order valence-electron chi connectivity index (χ2n) is 9.19. The molecule has 0 N–H and O–H groups in total. The first kappa shape index (κ1) is 24.6. The van der Waals surface area contributed by atoms with Gasteiger partial charge in [-0.3, -0.25) is 9.59 Å². The summed E-state index contributed by atoms with van der Waals surface area (Å²) in [5.74, 6) is 1.06. The molecule has 1 atom stereocenters. The smallest absolute Gasteiger partial charge is 0.291 e. The van der Waals surface area contributed by atoms with E-state index < -0.39 is 6.04 Å². The van der Waals surface area contributed by atoms with E-state index in [-0.39, 0.29) is 17.1 Å². The lowest BCUT2D eigenvalue weighted by Crippen LogP contribution is -2.29. The summed E-state index contributed by atoms with van der Waals surface area (Å²) < 4.78 is 18.0. The summed E-state index contributed by atoms with van der Waals surface area (Å²) in [6.45, 7) is 5.49. The molecule has 4 aromatic rings. The number of hydrogen-bond acceptors (Lipinski definition) is 5. The molecule has 1 unspecified atom stereocenters. The Labute approximate surface area is 216 Å². The number of nitrogens with zero attached hydrogens (tertiary/aromatic N) is 1. The molecule has 5 rings (SSSR count). The van der Waals surface area contributed by atoms with Crippen LogP contribution in [0.15, 0.2) is 82.0 Å². The maximum Gasteiger partial charge on any atom is 0.291 e. The highest BCUT2D eigenvalue weighted by atomic mass is 16.5. The number of rotatable bonds is 10. The average molecular weight is 498 g/mol. The molecule has 1 aliphatic heterocycles. The minimum absolute atomic E-state index is 0.0995. The third-order valence-corrected chi connectivity index (χ3v) is 6.66. The van der Waals surface area contributed by atoms with Crippen LogP contribution in [0.3, 0.4) is 0 Å². The highest BCUT2D eigenvalue weighted by Crippen LogP contribution is 2.41. The van der Waals surface area contributed by atoms with Gasteiger partial charge in [0.2, 0.25) is 5.76 Å². The molecule has 0 fully saturated rings. The molecule has 6 nitrogen and oxygen atoms in total. The summed E-state index contributed by atoms with van der Waals surface area (Å²) >= 11 is 0. The predicted octanol–water partition coefficient (Wildman–Crippen LogP) is 6.51. The van der Waals surface area contributed by atoms with E-state index >= 15 is 0 Å². The summed E-state index contributed by atoms with van der Waals surface area (Å²) in [7, 11) is 0. The van der Waals surface area contributed by atoms with E-state index in [4.69, 9.17) is 13.9 Å². The number of hydrogen-bond donors (Lipinski definition) is 0. The number of amides is 1. The highest BCUT2D eigenvalue weighted by Gasteiger charge is 2.43. The van der Waals surface area contributed by atoms with Crippen LogP contribution in [0, 0.1) is 0 Å². The number of unbranched alkanes of at least 4 members (excludes halogenated alkanes) is 2. The monoisotopic (exact) mass is 497 g/mol. The first-order valence-electron chi connectivity index (χ1n) is 12.9. The molecule has 1 aromatic heterocycles. The molecule has 0 saturated heterocycles. The van der Waals surface area contributed by atoms with Gasteiger partial charge in [-0.05, 0) is 48.7 Å². The maximum absolute atomic E-state index is 13.7. The molecule has 2 heterocycles. The van der Waals surface area contributed by atoms with Gasteiger partial charge in [0, 0.05) is 6.54 Å². The normalized spacial score (nSPS) is 14.7. The van der Waals surface area contributed by atoms with Crippen molar-refractivity contribution in [3.8, 4) is 11.5 Å². The SMILES string of the molecule is CCCCCOc1ccc(C2c3c(oc4ccccc4c3=O)C(=O)N2Cc2ccccc2)cc1OCC. The molecule has 6 heteroatoms. The van der Waals surface area contributed by atoms with Crippen LogP contribution in [0.25, 0.3) is 11.0 Å². The Morgan fingerprint density at radius 2 is 1.65 bits per heavy atom. The number of carbonyl (C=O) groups is 1. The van der Waals surface area contributed by atoms with Gasteiger partial charge in [0.15, 0.2) is 16.9 Å². The van der Waals surface area contributed by atoms with E-state index in [9.17, 15) is 9.59 Å². The molecule has 3 aromatic carbocycles. The fraction of sp³-hybridized carbons (Fsp3) is 0.290. The third-order valence-electron chi connectivity index (χ3n) is 6.66. The number of fused-ring (bicyclic) bond motifs is 2. The Hall–Kier alpha value is -4.06. The van der Waals surface area contributed by atoms with Crippen LogP contribution in [-0.4, -0.2) is 24.0 Å². The summed E-state index contributed by atoms with van der Waals surface area (Å²) in [6.07, 6.45) is 3.18. The van der Waals surface area contributed by atoms with E-state index in [1.165, 1.54) is 0 Å². The lowest BCUT2D eigenvalue weighted by Gasteiger charge is -2.26. The van der Waals surface area contributed by atoms with E-state index in [0.717, 1.165) is 30.4 Å². The molecule has 0 bridgehead atoms. The Kier molecular flexibility index (Phi) is 7.26. The Balaban J connectivity index is 1.61. The minimum atomic E-state index is -0.614. The average Bonchev–Trinajstić information content (AvgIpc) is 3.19. The Morgan fingerprint density at radius 1 is 0.865 bits per heavy atom. The summed E-state index contributed by atoms with van der Waals surface area (Å²) in [4.78, 5) is 29.1. The molecular weight excluding hydrogens is 466 g/mol. The van der Waals surface area contributed by atoms with Crippen molar-refractivity contribution in [2.75, 3.05) is 13.2 Å². The Morgan fingerprint density at radius 3 is 2.43 bits per heavy atom. The molecule has 1 amide bonds. The first-order chi connectivity index (χ1) is 18.1. The zero-order valence-electron chi connectivity index (χ0n) is 21.2. The van der Waals surface area contributed by atoms with E-state index in [2.05, 4.69) is 6.92 Å². The molecule has 0 radical (unpaired) electrons. The summed E-state index contributed by atoms with van der Waals surface area (Å²) in [5, 5.41) is 0.460. The van der Waals surface area contributed by atoms with Crippen LogP contribution >= 0.6 is 0 Å². The van der Waals surface area contributed by atoms with Crippen molar-refractivity contribution in [3.63, 3.8) is 0 Å². The molecule has 37 heavy (non-hydrogen) atoms. The lowest BCUT2D eigenvalue weighted by atomic mass is 9.97. The second-order valence-corrected chi connectivity index (χ2v) is 9.19. The van der Waals surface area contributed by atoms with Crippen molar-refractivity contribution in [2.45, 2.75) is 45.7 Å². The number of para-hydroxylation sites is 1. The lowest BCUT2D eigenvalue weighted by molar-refractivity contribution is 0.0714. The van der Waals surface area contributed by atoms with E-state index in [1.54, 1.807) is 29.2 Å². The standard InChI is InChI=1S/C31H31NO5/c1-3-5-11-18-36-25-17-16-22(19-26(25)35-4-2)28-27-29(33)23-14-9-10-15-24(23)37-30(27)31(34)32(28)20-21-12-7-6-8-13-21/h6-10,12-17,19,28H,3-5,11,18,20H2,1-2H3. The highest BCUT2D eigenvalue weighted by molar-refractivity contribution is 5.99. The van der Waals surface area contributed by atoms with Gasteiger partial charge in [-0.2, -0.15) is 0 Å². The summed E-state index contributed by atoms with van der Waals surface area (Å²) in [5.41, 5.74) is 2.31. The van der Waals surface area contributed by atoms with Crippen LogP contribution < -0.4 is 14.9 Å². The maximum atomic E-state index is 13.7. The molecule has 190 valence electrons. The van der Waals surface area contributed by atoms with Crippen molar-refractivity contribution < 1.29 is 18.7 Å². The fourth-order valence-corrected chi connectivity index (χ4v) is 4.87. The minimum Gasteiger partial charge on any atom is -0.490 e. The van der Waals surface area contributed by atoms with Crippen molar-refractivity contribution in [3.05, 3.63) is 105 Å². The number of benzene rings is 3. The van der Waals surface area contributed by atoms with Crippen LogP contribution in [-0.2, 0) is 6.54 Å². The zero-order valence-corrected chi connectivity index (χ0v) is 21.2. The molecule has 0 spiro atoms. The van der Waals surface area contributed by atoms with Crippen LogP contribution in [0.2, 0.25) is 0 Å². The predicted molar refractivity (Wildman–Crippen MR) is 143 cm³/mol. The van der Waals surface area contributed by atoms with Crippen molar-refractivity contribution in [1.29, 1.82) is 0 Å². The van der Waals surface area contributed by atoms with Crippen molar-refractivity contribution in [2.24, 2.45) is 0 Å². The zero-order chi connectivity index (χ0) is 25.8. The first-order valence-corrected chi connectivity index (χ1v) is 12.9. The van der Waals surface area contributed by atoms with Gasteiger partial charge in [0.25, 0.3) is 5.91 Å². The summed E-state index contributed by atoms with van der Waals surface area (Å²) in [6, 6.07) is 21.9. The largest absolute Gasteiger partial charge is 0.490 e. The molecule has 0 saturated carbocycles. The fourth-order valence-electron chi connectivity index (χ4n) is 4.87. The number of carbonyl (C=O) groups excluding carboxylic acids is 1. The van der Waals surface area contributed by atoms with Gasteiger partial charge in [-0.25, -0.2) is 0 Å². The van der Waals surface area contributed by atoms with Crippen LogP contribution in [0.1, 0.15) is 66.4 Å². The van der Waals surface area contributed by atoms with Gasteiger partial charge >= 0.3 is 0 Å². The van der Waals surface area contributed by atoms with Crippen molar-refractivity contribution >= 4 is 16.9 Å². The van der Waals surface area contributed by atoms with Crippen LogP contribution in [0.4, 0.5) is 0 Å². The van der Waals surface area contributed by atoms with Gasteiger partial charge < -0.3 is 18.8 Å².